The van der Waals surface area contributed by atoms with Crippen LogP contribution >= 0.6 is 0 Å². The van der Waals surface area contributed by atoms with Crippen LogP contribution in [0.3, 0.4) is 0 Å². The third-order valence-corrected chi connectivity index (χ3v) is 3.37. The van der Waals surface area contributed by atoms with Crippen LogP contribution in [0.2, 0.25) is 0 Å². The second kappa shape index (κ2) is 7.99. The maximum atomic E-state index is 11.9. The summed E-state index contributed by atoms with van der Waals surface area (Å²) in [4.78, 5) is 26.3. The number of hydrogen-bond donors (Lipinski definition) is 2. The summed E-state index contributed by atoms with van der Waals surface area (Å²) >= 11 is 0. The van der Waals surface area contributed by atoms with E-state index in [1.165, 1.54) is 4.90 Å². The van der Waals surface area contributed by atoms with Crippen molar-refractivity contribution in [2.45, 2.75) is 26.2 Å². The summed E-state index contributed by atoms with van der Waals surface area (Å²) in [5, 5.41) is 11.6. The monoisotopic (exact) mass is 271 g/mol. The molecule has 0 aromatic heterocycles. The Morgan fingerprint density at radius 1 is 1.47 bits per heavy atom. The molecule has 1 saturated heterocycles. The number of nitrogens with zero attached hydrogens (tertiary/aromatic N) is 2. The highest BCUT2D eigenvalue weighted by Crippen LogP contribution is 2.13. The van der Waals surface area contributed by atoms with Crippen LogP contribution in [-0.4, -0.2) is 66.7 Å². The molecule has 110 valence electrons. The number of aliphatic carboxylic acids is 1. The topological polar surface area (TPSA) is 72.9 Å². The predicted octanol–water partition coefficient (Wildman–Crippen LogP) is 0.834. The van der Waals surface area contributed by atoms with Crippen LogP contribution in [0.4, 0.5) is 4.79 Å². The van der Waals surface area contributed by atoms with E-state index >= 15 is 0 Å². The van der Waals surface area contributed by atoms with Gasteiger partial charge in [0.15, 0.2) is 0 Å². The van der Waals surface area contributed by atoms with Crippen molar-refractivity contribution in [1.82, 2.24) is 15.1 Å². The van der Waals surface area contributed by atoms with Crippen LogP contribution in [0.15, 0.2) is 0 Å². The van der Waals surface area contributed by atoms with Gasteiger partial charge in [0, 0.05) is 19.6 Å². The summed E-state index contributed by atoms with van der Waals surface area (Å²) in [6.45, 7) is 4.91. The van der Waals surface area contributed by atoms with Crippen molar-refractivity contribution in [3.05, 3.63) is 0 Å². The molecule has 2 N–H and O–H groups in total. The molecular weight excluding hydrogens is 246 g/mol. The van der Waals surface area contributed by atoms with E-state index < -0.39 is 5.97 Å². The lowest BCUT2D eigenvalue weighted by molar-refractivity contribution is -0.137. The van der Waals surface area contributed by atoms with E-state index in [9.17, 15) is 9.59 Å². The summed E-state index contributed by atoms with van der Waals surface area (Å²) in [5.74, 6) is -0.503. The van der Waals surface area contributed by atoms with Gasteiger partial charge in [-0.05, 0) is 38.8 Å². The van der Waals surface area contributed by atoms with Gasteiger partial charge in [0.25, 0.3) is 0 Å². The van der Waals surface area contributed by atoms with Gasteiger partial charge < -0.3 is 20.2 Å². The number of carbonyl (C=O) groups excluding carboxylic acids is 1. The molecule has 1 heterocycles. The minimum atomic E-state index is -0.971. The number of piperidine rings is 1. The molecule has 19 heavy (non-hydrogen) atoms. The summed E-state index contributed by atoms with van der Waals surface area (Å²) in [6, 6.07) is -0.266. The van der Waals surface area contributed by atoms with Gasteiger partial charge in [0.05, 0.1) is 0 Å². The maximum Gasteiger partial charge on any atom is 0.323 e. The molecule has 0 aliphatic carbocycles. The average molecular weight is 271 g/mol. The molecule has 1 rings (SSSR count). The van der Waals surface area contributed by atoms with Gasteiger partial charge in [0.2, 0.25) is 0 Å². The zero-order valence-electron chi connectivity index (χ0n) is 11.9. The number of carboxylic acids is 1. The minimum Gasteiger partial charge on any atom is -0.480 e. The normalized spacial score (nSPS) is 20.0. The molecule has 1 atom stereocenters. The number of hydrogen-bond acceptors (Lipinski definition) is 3. The zero-order chi connectivity index (χ0) is 14.3. The molecule has 6 nitrogen and oxygen atoms in total. The van der Waals surface area contributed by atoms with Crippen LogP contribution in [0.1, 0.15) is 26.2 Å². The standard InChI is InChI=1S/C13H25N3O3/c1-3-6-16(10-12(17)18)13(19)14-8-11-5-4-7-15(2)9-11/h11H,3-10H2,1-2H3,(H,14,19)(H,17,18). The van der Waals surface area contributed by atoms with Crippen molar-refractivity contribution in [1.29, 1.82) is 0 Å². The Balaban J connectivity index is 2.36. The van der Waals surface area contributed by atoms with E-state index in [4.69, 9.17) is 5.11 Å². The van der Waals surface area contributed by atoms with Gasteiger partial charge in [-0.25, -0.2) is 4.79 Å². The molecule has 1 aliphatic rings. The van der Waals surface area contributed by atoms with Gasteiger partial charge in [0.1, 0.15) is 6.54 Å². The lowest BCUT2D eigenvalue weighted by Gasteiger charge is -2.30. The highest BCUT2D eigenvalue weighted by molar-refractivity contribution is 5.80. The third kappa shape index (κ3) is 5.92. The average Bonchev–Trinajstić information content (AvgIpc) is 2.35. The summed E-state index contributed by atoms with van der Waals surface area (Å²) in [7, 11) is 2.09. The van der Waals surface area contributed by atoms with Gasteiger partial charge in [-0.2, -0.15) is 0 Å². The van der Waals surface area contributed by atoms with Crippen molar-refractivity contribution < 1.29 is 14.7 Å². The second-order valence-corrected chi connectivity index (χ2v) is 5.27. The van der Waals surface area contributed by atoms with E-state index in [0.717, 1.165) is 32.4 Å². The quantitative estimate of drug-likeness (QED) is 0.750. The number of carbonyl (C=O) groups is 2. The minimum absolute atomic E-state index is 0.232. The van der Waals surface area contributed by atoms with E-state index in [1.54, 1.807) is 0 Å². The fourth-order valence-electron chi connectivity index (χ4n) is 2.47. The number of carboxylic acid groups (broad SMARTS) is 1. The number of nitrogens with one attached hydrogen (secondary N) is 1. The second-order valence-electron chi connectivity index (χ2n) is 5.27. The molecule has 0 bridgehead atoms. The van der Waals surface area contributed by atoms with Crippen molar-refractivity contribution >= 4 is 12.0 Å². The van der Waals surface area contributed by atoms with Crippen molar-refractivity contribution in [2.75, 3.05) is 39.8 Å². The van der Waals surface area contributed by atoms with Crippen LogP contribution in [-0.2, 0) is 4.79 Å². The number of amides is 2. The van der Waals surface area contributed by atoms with Crippen molar-refractivity contribution in [3.63, 3.8) is 0 Å². The zero-order valence-corrected chi connectivity index (χ0v) is 11.9. The van der Waals surface area contributed by atoms with Gasteiger partial charge in [-0.15, -0.1) is 0 Å². The van der Waals surface area contributed by atoms with Crippen molar-refractivity contribution in [2.24, 2.45) is 5.92 Å². The van der Waals surface area contributed by atoms with Gasteiger partial charge >= 0.3 is 12.0 Å². The van der Waals surface area contributed by atoms with Crippen molar-refractivity contribution in [3.8, 4) is 0 Å². The molecular formula is C13H25N3O3. The number of likely N-dealkylation sites (tertiary alicyclic amines) is 1. The highest BCUT2D eigenvalue weighted by atomic mass is 16.4. The summed E-state index contributed by atoms with van der Waals surface area (Å²) in [6.07, 6.45) is 3.04. The highest BCUT2D eigenvalue weighted by Gasteiger charge is 2.20. The van der Waals surface area contributed by atoms with E-state index in [1.807, 2.05) is 6.92 Å². The summed E-state index contributed by atoms with van der Waals surface area (Å²) < 4.78 is 0. The Labute approximate surface area is 114 Å². The fraction of sp³-hybridized carbons (Fsp3) is 0.846. The lowest BCUT2D eigenvalue weighted by Crippen LogP contribution is -2.46. The first-order chi connectivity index (χ1) is 9.02. The molecule has 1 aliphatic heterocycles. The largest absolute Gasteiger partial charge is 0.480 e. The predicted molar refractivity (Wildman–Crippen MR) is 73.1 cm³/mol. The first kappa shape index (κ1) is 15.8. The SMILES string of the molecule is CCCN(CC(=O)O)C(=O)NCC1CCCN(C)C1. The fourth-order valence-corrected chi connectivity index (χ4v) is 2.47. The van der Waals surface area contributed by atoms with Crippen LogP contribution in [0, 0.1) is 5.92 Å². The summed E-state index contributed by atoms with van der Waals surface area (Å²) in [5.41, 5.74) is 0. The van der Waals surface area contributed by atoms with Crippen LogP contribution < -0.4 is 5.32 Å². The lowest BCUT2D eigenvalue weighted by atomic mass is 9.99. The van der Waals surface area contributed by atoms with Crippen LogP contribution in [0.5, 0.6) is 0 Å². The Morgan fingerprint density at radius 2 is 2.21 bits per heavy atom. The van der Waals surface area contributed by atoms with Gasteiger partial charge in [-0.3, -0.25) is 4.79 Å². The first-order valence-electron chi connectivity index (χ1n) is 6.96. The molecule has 0 aromatic carbocycles. The Kier molecular flexibility index (Phi) is 6.62. The molecule has 0 radical (unpaired) electrons. The van der Waals surface area contributed by atoms with E-state index in [0.29, 0.717) is 19.0 Å². The molecule has 0 spiro atoms. The van der Waals surface area contributed by atoms with E-state index in [-0.39, 0.29) is 12.6 Å². The Morgan fingerprint density at radius 3 is 2.79 bits per heavy atom. The molecule has 2 amide bonds. The first-order valence-corrected chi connectivity index (χ1v) is 6.96. The Hall–Kier alpha value is -1.30. The van der Waals surface area contributed by atoms with Gasteiger partial charge in [-0.1, -0.05) is 6.92 Å². The molecule has 1 unspecified atom stereocenters. The molecule has 0 aromatic rings. The number of urea groups is 1. The van der Waals surface area contributed by atoms with E-state index in [2.05, 4.69) is 17.3 Å². The van der Waals surface area contributed by atoms with Crippen LogP contribution in [0.25, 0.3) is 0 Å². The Bertz CT molecular complexity index is 310. The molecule has 0 saturated carbocycles. The molecule has 6 heteroatoms. The third-order valence-electron chi connectivity index (χ3n) is 3.37. The molecule has 1 fully saturated rings. The smallest absolute Gasteiger partial charge is 0.323 e. The maximum absolute atomic E-state index is 11.9. The number of rotatable bonds is 6.